The van der Waals surface area contributed by atoms with Crippen molar-refractivity contribution in [2.75, 3.05) is 12.5 Å². The number of hydrogen-bond donors (Lipinski definition) is 2. The zero-order valence-electron chi connectivity index (χ0n) is 11.5. The van der Waals surface area contributed by atoms with Gasteiger partial charge in [-0.2, -0.15) is 5.10 Å². The van der Waals surface area contributed by atoms with Crippen LogP contribution in [0.2, 0.25) is 5.02 Å². The highest BCUT2D eigenvalue weighted by Gasteiger charge is 2.06. The molecular formula is C15H12ClN2O4-. The highest BCUT2D eigenvalue weighted by Crippen LogP contribution is 2.24. The van der Waals surface area contributed by atoms with Crippen molar-refractivity contribution in [3.63, 3.8) is 0 Å². The first-order chi connectivity index (χ1) is 10.5. The van der Waals surface area contributed by atoms with E-state index in [1.165, 1.54) is 37.6 Å². The Bertz CT molecular complexity index is 731. The smallest absolute Gasteiger partial charge is 0.335 e. The van der Waals surface area contributed by atoms with E-state index in [-0.39, 0.29) is 17.1 Å². The average Bonchev–Trinajstić information content (AvgIpc) is 2.50. The summed E-state index contributed by atoms with van der Waals surface area (Å²) < 4.78 is 4.93. The van der Waals surface area contributed by atoms with Gasteiger partial charge in [-0.05, 0) is 29.8 Å². The molecule has 2 aromatic rings. The maximum absolute atomic E-state index is 11.4. The summed E-state index contributed by atoms with van der Waals surface area (Å²) in [6.07, 6.45) is 1.46. The molecule has 114 valence electrons. The monoisotopic (exact) mass is 319 g/mol. The molecule has 6 nitrogen and oxygen atoms in total. The van der Waals surface area contributed by atoms with Crippen molar-refractivity contribution in [1.82, 2.24) is 0 Å². The maximum Gasteiger partial charge on any atom is 0.335 e. The van der Waals surface area contributed by atoms with Crippen LogP contribution in [0.1, 0.15) is 15.9 Å². The molecule has 0 fully saturated rings. The number of nitrogens with one attached hydrogen (secondary N) is 1. The van der Waals surface area contributed by atoms with Crippen LogP contribution in [0.4, 0.5) is 5.69 Å². The highest BCUT2D eigenvalue weighted by atomic mass is 35.5. The SMILES string of the molecule is COc1cc(/C=N/Nc2cc(C(=O)O)ccc2Cl)ccc1[O-]. The van der Waals surface area contributed by atoms with E-state index in [0.29, 0.717) is 16.3 Å². The number of benzene rings is 2. The van der Waals surface area contributed by atoms with Crippen molar-refractivity contribution in [3.8, 4) is 11.5 Å². The van der Waals surface area contributed by atoms with Gasteiger partial charge in [0.1, 0.15) is 5.75 Å². The first-order valence-electron chi connectivity index (χ1n) is 6.18. The van der Waals surface area contributed by atoms with Crippen LogP contribution in [-0.4, -0.2) is 24.4 Å². The van der Waals surface area contributed by atoms with Gasteiger partial charge in [0.2, 0.25) is 0 Å². The van der Waals surface area contributed by atoms with E-state index >= 15 is 0 Å². The second kappa shape index (κ2) is 6.82. The van der Waals surface area contributed by atoms with Gasteiger partial charge in [-0.1, -0.05) is 29.5 Å². The molecule has 0 saturated carbocycles. The fraction of sp³-hybridized carbons (Fsp3) is 0.0667. The van der Waals surface area contributed by atoms with Crippen LogP contribution in [-0.2, 0) is 0 Å². The molecule has 22 heavy (non-hydrogen) atoms. The summed E-state index contributed by atoms with van der Waals surface area (Å²) in [5, 5.41) is 24.6. The third-order valence-electron chi connectivity index (χ3n) is 2.80. The molecule has 2 rings (SSSR count). The Morgan fingerprint density at radius 2 is 2.14 bits per heavy atom. The van der Waals surface area contributed by atoms with E-state index in [0.717, 1.165) is 0 Å². The molecule has 0 aromatic heterocycles. The number of carbonyl (C=O) groups is 1. The van der Waals surface area contributed by atoms with Gasteiger partial charge < -0.3 is 14.9 Å². The van der Waals surface area contributed by atoms with E-state index < -0.39 is 5.97 Å². The number of anilines is 1. The molecule has 0 spiro atoms. The molecule has 0 aliphatic heterocycles. The van der Waals surface area contributed by atoms with Crippen LogP contribution in [0.25, 0.3) is 0 Å². The number of carboxylic acid groups (broad SMARTS) is 1. The van der Waals surface area contributed by atoms with E-state index in [4.69, 9.17) is 21.4 Å². The predicted molar refractivity (Wildman–Crippen MR) is 82.1 cm³/mol. The average molecular weight is 320 g/mol. The second-order valence-electron chi connectivity index (χ2n) is 4.28. The molecule has 0 radical (unpaired) electrons. The minimum atomic E-state index is -1.06. The second-order valence-corrected chi connectivity index (χ2v) is 4.69. The Labute approximate surface area is 131 Å². The summed E-state index contributed by atoms with van der Waals surface area (Å²) in [5.41, 5.74) is 3.77. The number of methoxy groups -OCH3 is 1. The molecule has 0 aliphatic rings. The molecule has 0 atom stereocenters. The molecule has 0 saturated heterocycles. The van der Waals surface area contributed by atoms with Gasteiger partial charge in [0.25, 0.3) is 0 Å². The van der Waals surface area contributed by atoms with E-state index in [1.54, 1.807) is 12.1 Å². The van der Waals surface area contributed by atoms with Crippen LogP contribution >= 0.6 is 11.6 Å². The summed E-state index contributed by atoms with van der Waals surface area (Å²) in [6, 6.07) is 8.76. The van der Waals surface area contributed by atoms with Crippen molar-refractivity contribution in [1.29, 1.82) is 0 Å². The largest absolute Gasteiger partial charge is 0.870 e. The van der Waals surface area contributed by atoms with Crippen molar-refractivity contribution in [2.45, 2.75) is 0 Å². The summed E-state index contributed by atoms with van der Waals surface area (Å²) in [5.74, 6) is -1.06. The molecule has 2 aromatic carbocycles. The minimum Gasteiger partial charge on any atom is -0.870 e. The molecule has 0 amide bonds. The lowest BCUT2D eigenvalue weighted by Crippen LogP contribution is -1.99. The first-order valence-corrected chi connectivity index (χ1v) is 6.56. The Kier molecular flexibility index (Phi) is 4.85. The van der Waals surface area contributed by atoms with Crippen molar-refractivity contribution >= 4 is 29.5 Å². The molecule has 0 unspecified atom stereocenters. The van der Waals surface area contributed by atoms with Gasteiger partial charge >= 0.3 is 5.97 Å². The normalized spacial score (nSPS) is 10.6. The van der Waals surface area contributed by atoms with Crippen LogP contribution in [0, 0.1) is 0 Å². The van der Waals surface area contributed by atoms with Crippen LogP contribution < -0.4 is 15.3 Å². The van der Waals surface area contributed by atoms with Crippen LogP contribution in [0.3, 0.4) is 0 Å². The van der Waals surface area contributed by atoms with Gasteiger partial charge in [-0.3, -0.25) is 5.43 Å². The topological polar surface area (TPSA) is 94.0 Å². The fourth-order valence-electron chi connectivity index (χ4n) is 1.68. The standard InChI is InChI=1S/C15H13ClN2O4/c1-22-14-6-9(2-5-13(14)19)8-17-18-12-7-10(15(20)21)3-4-11(12)16/h2-8,18-19H,1H3,(H,20,21)/p-1/b17-8+. The number of hydrazone groups is 1. The van der Waals surface area contributed by atoms with E-state index in [1.807, 2.05) is 0 Å². The highest BCUT2D eigenvalue weighted by molar-refractivity contribution is 6.33. The number of hydrogen-bond acceptors (Lipinski definition) is 5. The third-order valence-corrected chi connectivity index (χ3v) is 3.13. The zero-order valence-corrected chi connectivity index (χ0v) is 12.3. The number of aromatic carboxylic acids is 1. The summed E-state index contributed by atoms with van der Waals surface area (Å²) in [7, 11) is 1.41. The third kappa shape index (κ3) is 3.67. The zero-order chi connectivity index (χ0) is 16.1. The van der Waals surface area contributed by atoms with Gasteiger partial charge in [-0.25, -0.2) is 4.79 Å². The molecule has 0 bridgehead atoms. The van der Waals surface area contributed by atoms with Crippen LogP contribution in [0.15, 0.2) is 41.5 Å². The Balaban J connectivity index is 2.15. The van der Waals surface area contributed by atoms with E-state index in [2.05, 4.69) is 10.5 Å². The number of ether oxygens (including phenoxy) is 1. The van der Waals surface area contributed by atoms with Gasteiger partial charge in [0.05, 0.1) is 29.6 Å². The Morgan fingerprint density at radius 3 is 2.82 bits per heavy atom. The number of halogens is 1. The summed E-state index contributed by atoms with van der Waals surface area (Å²) >= 11 is 5.96. The van der Waals surface area contributed by atoms with Crippen molar-refractivity contribution in [3.05, 3.63) is 52.5 Å². The van der Waals surface area contributed by atoms with Crippen LogP contribution in [0.5, 0.6) is 11.5 Å². The lowest BCUT2D eigenvalue weighted by atomic mass is 10.2. The number of carboxylic acids is 1. The molecule has 2 N–H and O–H groups in total. The maximum atomic E-state index is 11.4. The molecule has 0 aliphatic carbocycles. The first kappa shape index (κ1) is 15.7. The molecular weight excluding hydrogens is 308 g/mol. The minimum absolute atomic E-state index is 0.0967. The molecule has 7 heteroatoms. The van der Waals surface area contributed by atoms with E-state index in [9.17, 15) is 9.90 Å². The van der Waals surface area contributed by atoms with Gasteiger partial charge in [-0.15, -0.1) is 0 Å². The Morgan fingerprint density at radius 1 is 1.36 bits per heavy atom. The molecule has 0 heterocycles. The Hall–Kier alpha value is -2.73. The lowest BCUT2D eigenvalue weighted by molar-refractivity contribution is -0.270. The summed E-state index contributed by atoms with van der Waals surface area (Å²) in [4.78, 5) is 10.9. The number of rotatable bonds is 5. The van der Waals surface area contributed by atoms with Crippen molar-refractivity contribution < 1.29 is 19.7 Å². The summed E-state index contributed by atoms with van der Waals surface area (Å²) in [6.45, 7) is 0. The lowest BCUT2D eigenvalue weighted by Gasteiger charge is -2.11. The van der Waals surface area contributed by atoms with Crippen molar-refractivity contribution in [2.24, 2.45) is 5.10 Å². The number of nitrogens with zero attached hydrogens (tertiary/aromatic N) is 1. The van der Waals surface area contributed by atoms with Gasteiger partial charge in [0, 0.05) is 0 Å². The quantitative estimate of drug-likeness (QED) is 0.652. The van der Waals surface area contributed by atoms with Gasteiger partial charge in [0.15, 0.2) is 0 Å². The fourth-order valence-corrected chi connectivity index (χ4v) is 1.84. The predicted octanol–water partition coefficient (Wildman–Crippen LogP) is 2.57.